The first-order chi connectivity index (χ1) is 14.3. The average molecular weight is 441 g/mol. The molecular formula is C25H32N2O3S. The third kappa shape index (κ3) is 7.10. The van der Waals surface area contributed by atoms with Crippen LogP contribution in [0.5, 0.6) is 0 Å². The summed E-state index contributed by atoms with van der Waals surface area (Å²) in [5.41, 5.74) is 4.86. The molecule has 0 radical (unpaired) electrons. The second-order valence-corrected chi connectivity index (χ2v) is 10.6. The van der Waals surface area contributed by atoms with E-state index in [0.717, 1.165) is 17.4 Å². The van der Waals surface area contributed by atoms with E-state index < -0.39 is 10.0 Å². The van der Waals surface area contributed by atoms with Crippen LogP contribution in [-0.2, 0) is 20.2 Å². The van der Waals surface area contributed by atoms with Crippen molar-refractivity contribution in [1.29, 1.82) is 0 Å². The van der Waals surface area contributed by atoms with Crippen LogP contribution in [0.1, 0.15) is 62.9 Å². The van der Waals surface area contributed by atoms with Crippen molar-refractivity contribution in [3.05, 3.63) is 76.9 Å². The molecule has 2 aromatic rings. The summed E-state index contributed by atoms with van der Waals surface area (Å²) in [7, 11) is -3.39. The van der Waals surface area contributed by atoms with Crippen molar-refractivity contribution < 1.29 is 13.2 Å². The highest BCUT2D eigenvalue weighted by molar-refractivity contribution is 7.92. The molecule has 0 fully saturated rings. The van der Waals surface area contributed by atoms with Crippen LogP contribution in [0.15, 0.2) is 54.6 Å². The van der Waals surface area contributed by atoms with Gasteiger partial charge in [-0.05, 0) is 59.7 Å². The Hall–Kier alpha value is -2.86. The van der Waals surface area contributed by atoms with Gasteiger partial charge in [0.2, 0.25) is 15.9 Å². The Bertz CT molecular complexity index is 1090. The predicted molar refractivity (Wildman–Crippen MR) is 130 cm³/mol. The van der Waals surface area contributed by atoms with Crippen LogP contribution in [0, 0.1) is 0 Å². The molecule has 0 bridgehead atoms. The molecule has 1 amide bonds. The number of carbonyl (C=O) groups is 1. The first-order valence-electron chi connectivity index (χ1n) is 10.1. The highest BCUT2D eigenvalue weighted by Crippen LogP contribution is 2.25. The number of sulfonamides is 1. The topological polar surface area (TPSA) is 75.3 Å². The van der Waals surface area contributed by atoms with Crippen LogP contribution in [-0.4, -0.2) is 20.6 Å². The van der Waals surface area contributed by atoms with Gasteiger partial charge in [0.25, 0.3) is 0 Å². The number of anilines is 1. The number of nitrogens with one attached hydrogen (secondary N) is 2. The van der Waals surface area contributed by atoms with Gasteiger partial charge in [-0.2, -0.15) is 0 Å². The maximum Gasteiger partial charge on any atom is 0.247 e. The largest absolute Gasteiger partial charge is 0.346 e. The molecule has 0 unspecified atom stereocenters. The normalized spacial score (nSPS) is 13.4. The van der Waals surface area contributed by atoms with Crippen LogP contribution in [0.3, 0.4) is 0 Å². The molecule has 1 atom stereocenters. The van der Waals surface area contributed by atoms with Crippen LogP contribution in [0.25, 0.3) is 12.2 Å². The molecular weight excluding hydrogens is 408 g/mol. The van der Waals surface area contributed by atoms with Gasteiger partial charge in [-0.3, -0.25) is 9.52 Å². The number of carbonyl (C=O) groups excluding carboxylic acids is 1. The molecule has 0 spiro atoms. The zero-order valence-corrected chi connectivity index (χ0v) is 19.9. The van der Waals surface area contributed by atoms with Crippen LogP contribution in [0.2, 0.25) is 0 Å². The average Bonchev–Trinajstić information content (AvgIpc) is 2.66. The van der Waals surface area contributed by atoms with Gasteiger partial charge in [0.15, 0.2) is 0 Å². The molecule has 31 heavy (non-hydrogen) atoms. The van der Waals surface area contributed by atoms with E-state index in [2.05, 4.69) is 49.5 Å². The number of amides is 1. The summed E-state index contributed by atoms with van der Waals surface area (Å²) in [5.74, 6) is -0.161. The second-order valence-electron chi connectivity index (χ2n) is 8.82. The molecule has 0 aliphatic carbocycles. The van der Waals surface area contributed by atoms with Gasteiger partial charge in [-0.25, -0.2) is 8.42 Å². The van der Waals surface area contributed by atoms with Crippen molar-refractivity contribution in [1.82, 2.24) is 5.32 Å². The Morgan fingerprint density at radius 3 is 2.23 bits per heavy atom. The quantitative estimate of drug-likeness (QED) is 0.575. The first kappa shape index (κ1) is 24.4. The Kier molecular flexibility index (Phi) is 7.49. The molecule has 2 aromatic carbocycles. The van der Waals surface area contributed by atoms with Crippen molar-refractivity contribution >= 4 is 33.8 Å². The monoisotopic (exact) mass is 440 g/mol. The number of hydrogen-bond acceptors (Lipinski definition) is 3. The van der Waals surface area contributed by atoms with E-state index in [1.165, 1.54) is 5.56 Å². The molecule has 0 aromatic heterocycles. The maximum atomic E-state index is 12.7. The highest BCUT2D eigenvalue weighted by atomic mass is 32.2. The molecule has 0 saturated heterocycles. The van der Waals surface area contributed by atoms with Gasteiger partial charge in [-0.1, -0.05) is 63.8 Å². The van der Waals surface area contributed by atoms with Gasteiger partial charge < -0.3 is 5.32 Å². The lowest BCUT2D eigenvalue weighted by molar-refractivity contribution is -0.118. The van der Waals surface area contributed by atoms with E-state index in [-0.39, 0.29) is 17.4 Å². The van der Waals surface area contributed by atoms with E-state index in [4.69, 9.17) is 0 Å². The molecule has 166 valence electrons. The van der Waals surface area contributed by atoms with Crippen molar-refractivity contribution in [2.45, 2.75) is 46.1 Å². The van der Waals surface area contributed by atoms with E-state index in [1.807, 2.05) is 31.2 Å². The Morgan fingerprint density at radius 1 is 1.10 bits per heavy atom. The fraction of sp³-hybridized carbons (Fsp3) is 0.320. The lowest BCUT2D eigenvalue weighted by Gasteiger charge is -2.19. The standard InChI is InChI=1S/C25H32N2O3S/c1-8-20-16-21(11-14-23(20)27-31(7,29)30)18(3)26-24(28)17(2)15-19-9-12-22(13-10-19)25(4,5)6/h8-16,18,27H,1H2,2-7H3,(H,26,28)/b17-15+/t18-/m1/s1. The third-order valence-electron chi connectivity index (χ3n) is 4.96. The van der Waals surface area contributed by atoms with Gasteiger partial charge in [0.1, 0.15) is 0 Å². The first-order valence-corrected chi connectivity index (χ1v) is 12.0. The maximum absolute atomic E-state index is 12.7. The van der Waals surface area contributed by atoms with Crippen LogP contribution in [0.4, 0.5) is 5.69 Å². The SMILES string of the molecule is C=Cc1cc([C@@H](C)NC(=O)/C(C)=C/c2ccc(C(C)(C)C)cc2)ccc1NS(C)(=O)=O. The molecule has 0 saturated carbocycles. The Balaban J connectivity index is 2.14. The van der Waals surface area contributed by atoms with E-state index in [0.29, 0.717) is 16.8 Å². The number of rotatable bonds is 7. The molecule has 2 N–H and O–H groups in total. The fourth-order valence-corrected chi connectivity index (χ4v) is 3.69. The van der Waals surface area contributed by atoms with Crippen molar-refractivity contribution in [2.24, 2.45) is 0 Å². The van der Waals surface area contributed by atoms with Crippen molar-refractivity contribution in [3.63, 3.8) is 0 Å². The minimum Gasteiger partial charge on any atom is -0.346 e. The molecule has 5 nitrogen and oxygen atoms in total. The van der Waals surface area contributed by atoms with Crippen molar-refractivity contribution in [2.75, 3.05) is 11.0 Å². The zero-order chi connectivity index (χ0) is 23.4. The number of hydrogen-bond donors (Lipinski definition) is 2. The summed E-state index contributed by atoms with van der Waals surface area (Å²) in [6.07, 6.45) is 4.54. The van der Waals surface area contributed by atoms with Gasteiger partial charge in [0, 0.05) is 5.57 Å². The van der Waals surface area contributed by atoms with Gasteiger partial charge >= 0.3 is 0 Å². The zero-order valence-electron chi connectivity index (χ0n) is 19.1. The molecule has 0 aliphatic heterocycles. The Morgan fingerprint density at radius 2 is 1.71 bits per heavy atom. The van der Waals surface area contributed by atoms with E-state index >= 15 is 0 Å². The Labute approximate surface area is 186 Å². The lowest BCUT2D eigenvalue weighted by atomic mass is 9.86. The van der Waals surface area contributed by atoms with Crippen LogP contribution >= 0.6 is 0 Å². The second kappa shape index (κ2) is 9.52. The van der Waals surface area contributed by atoms with Gasteiger partial charge in [-0.15, -0.1) is 0 Å². The summed E-state index contributed by atoms with van der Waals surface area (Å²) in [4.78, 5) is 12.7. The summed E-state index contributed by atoms with van der Waals surface area (Å²) >= 11 is 0. The van der Waals surface area contributed by atoms with Gasteiger partial charge in [0.05, 0.1) is 18.0 Å². The van der Waals surface area contributed by atoms with Crippen molar-refractivity contribution in [3.8, 4) is 0 Å². The summed E-state index contributed by atoms with van der Waals surface area (Å²) in [6, 6.07) is 13.2. The molecule has 0 aliphatic rings. The molecule has 6 heteroatoms. The number of benzene rings is 2. The molecule has 2 rings (SSSR count). The third-order valence-corrected chi connectivity index (χ3v) is 5.55. The smallest absolute Gasteiger partial charge is 0.247 e. The molecule has 0 heterocycles. The lowest BCUT2D eigenvalue weighted by Crippen LogP contribution is -2.27. The highest BCUT2D eigenvalue weighted by Gasteiger charge is 2.15. The van der Waals surface area contributed by atoms with Crippen LogP contribution < -0.4 is 10.0 Å². The van der Waals surface area contributed by atoms with E-state index in [1.54, 1.807) is 25.1 Å². The summed E-state index contributed by atoms with van der Waals surface area (Å²) in [5, 5.41) is 2.99. The summed E-state index contributed by atoms with van der Waals surface area (Å²) < 4.78 is 25.5. The fourth-order valence-electron chi connectivity index (χ4n) is 3.10. The summed E-state index contributed by atoms with van der Waals surface area (Å²) in [6.45, 7) is 13.9. The van der Waals surface area contributed by atoms with E-state index in [9.17, 15) is 13.2 Å². The predicted octanol–water partition coefficient (Wildman–Crippen LogP) is 5.28. The minimum absolute atomic E-state index is 0.0841. The minimum atomic E-state index is -3.39.